The molecule has 0 saturated heterocycles. The van der Waals surface area contributed by atoms with Crippen molar-refractivity contribution in [3.8, 4) is 0 Å². The Labute approximate surface area is 206 Å². The molecule has 0 atom stereocenters. The van der Waals surface area contributed by atoms with Crippen LogP contribution in [-0.2, 0) is 4.79 Å². The topological polar surface area (TPSA) is 94.5 Å². The molecule has 8 heteroatoms. The number of hydrogen-bond donors (Lipinski definition) is 3. The van der Waals surface area contributed by atoms with Gasteiger partial charge in [0.2, 0.25) is 0 Å². The number of anilines is 1. The molecule has 35 heavy (non-hydrogen) atoms. The van der Waals surface area contributed by atoms with Crippen LogP contribution in [0.25, 0.3) is 11.6 Å². The van der Waals surface area contributed by atoms with Gasteiger partial charge in [0.25, 0.3) is 11.8 Å². The number of halogens is 1. The monoisotopic (exact) mass is 481 g/mol. The number of hydrogen-bond acceptors (Lipinski definition) is 4. The Hall–Kier alpha value is -2.97. The van der Waals surface area contributed by atoms with Gasteiger partial charge in [0.1, 0.15) is 5.82 Å². The number of benzene rings is 1. The van der Waals surface area contributed by atoms with Crippen molar-refractivity contribution >= 4 is 29.2 Å². The minimum Gasteiger partial charge on any atom is -0.359 e. The lowest BCUT2D eigenvalue weighted by atomic mass is 9.86. The van der Waals surface area contributed by atoms with Crippen LogP contribution in [0.15, 0.2) is 18.2 Å². The van der Waals surface area contributed by atoms with Crippen LogP contribution in [0.1, 0.15) is 58.6 Å². The molecule has 1 aliphatic heterocycles. The van der Waals surface area contributed by atoms with E-state index in [0.717, 1.165) is 42.6 Å². The molecule has 0 bridgehead atoms. The van der Waals surface area contributed by atoms with Crippen molar-refractivity contribution in [2.75, 3.05) is 38.6 Å². The van der Waals surface area contributed by atoms with Crippen LogP contribution in [0.2, 0.25) is 0 Å². The zero-order valence-corrected chi connectivity index (χ0v) is 21.1. The van der Waals surface area contributed by atoms with Crippen LogP contribution < -0.4 is 16.0 Å². The fourth-order valence-electron chi connectivity index (χ4n) is 5.03. The first-order valence-corrected chi connectivity index (χ1v) is 12.4. The molecule has 4 N–H and O–H groups in total. The zero-order valence-electron chi connectivity index (χ0n) is 21.1. The third-order valence-electron chi connectivity index (χ3n) is 7.04. The standard InChI is InChI=1S/C27H36FN5O2/c1-16-11-17(2)31-24(16)13-21-20-12-23(28)22(26(34)30-9-10-32(3)4)14-25(20)33(27(21)35)15-18-5-7-19(29)8-6-18/h11-14,18-19,31H,5-10,15,29H2,1-4H3,(H,30,34)/b21-13-. The normalized spacial score (nSPS) is 21.2. The summed E-state index contributed by atoms with van der Waals surface area (Å²) in [6, 6.07) is 5.10. The highest BCUT2D eigenvalue weighted by Crippen LogP contribution is 2.41. The second kappa shape index (κ2) is 10.3. The minimum absolute atomic E-state index is 0.0425. The molecule has 1 fully saturated rings. The molecule has 0 unspecified atom stereocenters. The molecular weight excluding hydrogens is 445 g/mol. The SMILES string of the molecule is Cc1cc(C)c(/C=C2\C(=O)N(CC3CCC(N)CC3)c3cc(C(=O)NCCN(C)C)c(F)cc32)[nH]1. The lowest BCUT2D eigenvalue weighted by molar-refractivity contribution is -0.113. The van der Waals surface area contributed by atoms with Gasteiger partial charge in [0.15, 0.2) is 0 Å². The van der Waals surface area contributed by atoms with Gasteiger partial charge in [-0.1, -0.05) is 0 Å². The summed E-state index contributed by atoms with van der Waals surface area (Å²) in [4.78, 5) is 33.4. The molecule has 2 aliphatic rings. The average molecular weight is 482 g/mol. The third-order valence-corrected chi connectivity index (χ3v) is 7.04. The van der Waals surface area contributed by atoms with E-state index in [1.54, 1.807) is 11.0 Å². The summed E-state index contributed by atoms with van der Waals surface area (Å²) in [7, 11) is 3.82. The molecule has 2 aromatic rings. The van der Waals surface area contributed by atoms with E-state index in [9.17, 15) is 9.59 Å². The average Bonchev–Trinajstić information content (AvgIpc) is 3.24. The van der Waals surface area contributed by atoms with E-state index in [0.29, 0.717) is 42.4 Å². The predicted octanol–water partition coefficient (Wildman–Crippen LogP) is 3.47. The number of rotatable bonds is 7. The van der Waals surface area contributed by atoms with Crippen LogP contribution in [0.5, 0.6) is 0 Å². The molecule has 2 amide bonds. The molecule has 0 spiro atoms. The molecule has 1 saturated carbocycles. The van der Waals surface area contributed by atoms with Crippen molar-refractivity contribution in [1.82, 2.24) is 15.2 Å². The Balaban J connectivity index is 1.70. The van der Waals surface area contributed by atoms with Crippen LogP contribution in [0.3, 0.4) is 0 Å². The molecule has 1 aromatic carbocycles. The van der Waals surface area contributed by atoms with Crippen LogP contribution in [-0.4, -0.2) is 61.5 Å². The Morgan fingerprint density at radius 2 is 1.94 bits per heavy atom. The second-order valence-corrected chi connectivity index (χ2v) is 10.2. The summed E-state index contributed by atoms with van der Waals surface area (Å²) in [6.07, 6.45) is 5.58. The molecule has 1 aliphatic carbocycles. The number of amides is 2. The highest BCUT2D eigenvalue weighted by atomic mass is 19.1. The number of fused-ring (bicyclic) bond motifs is 1. The molecule has 4 rings (SSSR count). The van der Waals surface area contributed by atoms with E-state index >= 15 is 4.39 Å². The Bertz CT molecular complexity index is 1140. The Kier molecular flexibility index (Phi) is 7.42. The lowest BCUT2D eigenvalue weighted by Crippen LogP contribution is -2.36. The number of likely N-dealkylation sites (N-methyl/N-ethyl adjacent to an activating group) is 1. The van der Waals surface area contributed by atoms with E-state index < -0.39 is 11.7 Å². The van der Waals surface area contributed by atoms with E-state index in [1.165, 1.54) is 12.1 Å². The number of aromatic nitrogens is 1. The van der Waals surface area contributed by atoms with Crippen molar-refractivity contribution in [3.63, 3.8) is 0 Å². The summed E-state index contributed by atoms with van der Waals surface area (Å²) in [6.45, 7) is 5.52. The molecular formula is C27H36FN5O2. The van der Waals surface area contributed by atoms with Crippen molar-refractivity contribution in [2.24, 2.45) is 11.7 Å². The molecule has 0 radical (unpaired) electrons. The highest BCUT2D eigenvalue weighted by Gasteiger charge is 2.36. The number of nitrogens with one attached hydrogen (secondary N) is 2. The molecule has 7 nitrogen and oxygen atoms in total. The number of carbonyl (C=O) groups is 2. The number of aryl methyl sites for hydroxylation is 2. The fourth-order valence-corrected chi connectivity index (χ4v) is 5.03. The van der Waals surface area contributed by atoms with Crippen molar-refractivity contribution in [2.45, 2.75) is 45.6 Å². The van der Waals surface area contributed by atoms with Crippen LogP contribution in [0.4, 0.5) is 10.1 Å². The van der Waals surface area contributed by atoms with Gasteiger partial charge in [-0.05, 0) is 89.4 Å². The van der Waals surface area contributed by atoms with Gasteiger partial charge in [-0.3, -0.25) is 9.59 Å². The predicted molar refractivity (Wildman–Crippen MR) is 138 cm³/mol. The molecule has 188 valence electrons. The fraction of sp³-hybridized carbons (Fsp3) is 0.481. The zero-order chi connectivity index (χ0) is 25.3. The summed E-state index contributed by atoms with van der Waals surface area (Å²) in [5.41, 5.74) is 10.4. The Morgan fingerprint density at radius 3 is 2.57 bits per heavy atom. The smallest absolute Gasteiger partial charge is 0.259 e. The number of nitrogens with zero attached hydrogens (tertiary/aromatic N) is 2. The number of H-pyrrole nitrogens is 1. The molecule has 2 heterocycles. The summed E-state index contributed by atoms with van der Waals surface area (Å²) in [5, 5.41) is 2.78. The maximum Gasteiger partial charge on any atom is 0.259 e. The quantitative estimate of drug-likeness (QED) is 0.528. The van der Waals surface area contributed by atoms with Gasteiger partial charge in [-0.25, -0.2) is 4.39 Å². The van der Waals surface area contributed by atoms with Crippen LogP contribution >= 0.6 is 0 Å². The van der Waals surface area contributed by atoms with Crippen molar-refractivity contribution in [3.05, 3.63) is 52.1 Å². The van der Waals surface area contributed by atoms with Gasteiger partial charge < -0.3 is 25.8 Å². The maximum atomic E-state index is 15.2. The van der Waals surface area contributed by atoms with Crippen LogP contribution in [0, 0.1) is 25.6 Å². The third kappa shape index (κ3) is 5.49. The van der Waals surface area contributed by atoms with Gasteiger partial charge in [-0.15, -0.1) is 0 Å². The Morgan fingerprint density at radius 1 is 1.23 bits per heavy atom. The van der Waals surface area contributed by atoms with Gasteiger partial charge in [0, 0.05) is 42.6 Å². The second-order valence-electron chi connectivity index (χ2n) is 10.2. The number of carbonyl (C=O) groups excluding carboxylic acids is 2. The number of aromatic amines is 1. The van der Waals surface area contributed by atoms with Gasteiger partial charge in [-0.2, -0.15) is 0 Å². The van der Waals surface area contributed by atoms with Gasteiger partial charge >= 0.3 is 0 Å². The first-order chi connectivity index (χ1) is 16.6. The van der Waals surface area contributed by atoms with E-state index in [2.05, 4.69) is 10.3 Å². The summed E-state index contributed by atoms with van der Waals surface area (Å²) < 4.78 is 15.2. The minimum atomic E-state index is -0.630. The first kappa shape index (κ1) is 25.1. The van der Waals surface area contributed by atoms with E-state index in [4.69, 9.17) is 5.73 Å². The molecule has 1 aromatic heterocycles. The largest absolute Gasteiger partial charge is 0.359 e. The maximum absolute atomic E-state index is 15.2. The number of nitrogens with two attached hydrogens (primary N) is 1. The van der Waals surface area contributed by atoms with Gasteiger partial charge in [0.05, 0.1) is 16.8 Å². The first-order valence-electron chi connectivity index (χ1n) is 12.4. The highest BCUT2D eigenvalue weighted by molar-refractivity contribution is 6.36. The van der Waals surface area contributed by atoms with E-state index in [1.807, 2.05) is 38.9 Å². The van der Waals surface area contributed by atoms with Crippen molar-refractivity contribution < 1.29 is 14.0 Å². The lowest BCUT2D eigenvalue weighted by Gasteiger charge is -2.30. The van der Waals surface area contributed by atoms with Crippen molar-refractivity contribution in [1.29, 1.82) is 0 Å². The van der Waals surface area contributed by atoms with E-state index in [-0.39, 0.29) is 17.5 Å². The summed E-state index contributed by atoms with van der Waals surface area (Å²) >= 11 is 0. The summed E-state index contributed by atoms with van der Waals surface area (Å²) in [5.74, 6) is -0.944.